The van der Waals surface area contributed by atoms with Gasteiger partial charge in [0.25, 0.3) is 0 Å². The largest absolute Gasteiger partial charge is 0.481 e. The van der Waals surface area contributed by atoms with Gasteiger partial charge in [-0.15, -0.1) is 0 Å². The summed E-state index contributed by atoms with van der Waals surface area (Å²) in [5.41, 5.74) is 0.820. The number of hydrogen-bond acceptors (Lipinski definition) is 3. The van der Waals surface area contributed by atoms with E-state index in [2.05, 4.69) is 0 Å². The Morgan fingerprint density at radius 2 is 2.13 bits per heavy atom. The Bertz CT molecular complexity index is 521. The number of amides is 1. The standard InChI is InChI=1S/C17H24ClNO4/c1-3-23-9-5-8-19(12-13(2)17(21)22)16(20)11-14-6-4-7-15(18)10-14/h4,6-7,10,13H,3,5,8-9,11-12H2,1-2H3,(H,21,22). The molecule has 1 atom stereocenters. The molecule has 0 saturated carbocycles. The molecule has 0 spiro atoms. The molecule has 0 fully saturated rings. The molecule has 1 aromatic carbocycles. The van der Waals surface area contributed by atoms with E-state index >= 15 is 0 Å². The summed E-state index contributed by atoms with van der Waals surface area (Å²) in [5.74, 6) is -1.61. The second-order valence-electron chi connectivity index (χ2n) is 5.44. The quantitative estimate of drug-likeness (QED) is 0.664. The number of carbonyl (C=O) groups is 2. The zero-order valence-corrected chi connectivity index (χ0v) is 14.4. The molecule has 23 heavy (non-hydrogen) atoms. The molecule has 6 heteroatoms. The van der Waals surface area contributed by atoms with Gasteiger partial charge in [-0.05, 0) is 31.0 Å². The van der Waals surface area contributed by atoms with Crippen molar-refractivity contribution in [2.75, 3.05) is 26.3 Å². The van der Waals surface area contributed by atoms with Crippen molar-refractivity contribution in [3.05, 3.63) is 34.9 Å². The minimum absolute atomic E-state index is 0.100. The van der Waals surface area contributed by atoms with Crippen LogP contribution < -0.4 is 0 Å². The third-order valence-electron chi connectivity index (χ3n) is 3.43. The number of benzene rings is 1. The van der Waals surface area contributed by atoms with E-state index in [-0.39, 0.29) is 18.9 Å². The first-order chi connectivity index (χ1) is 10.9. The van der Waals surface area contributed by atoms with Crippen LogP contribution >= 0.6 is 11.6 Å². The van der Waals surface area contributed by atoms with Crippen LogP contribution in [0.25, 0.3) is 0 Å². The van der Waals surface area contributed by atoms with Crippen molar-refractivity contribution in [3.8, 4) is 0 Å². The Labute approximate surface area is 142 Å². The number of carbonyl (C=O) groups excluding carboxylic acids is 1. The molecule has 0 heterocycles. The van der Waals surface area contributed by atoms with Gasteiger partial charge in [-0.1, -0.05) is 30.7 Å². The first kappa shape index (κ1) is 19.5. The molecule has 0 aliphatic carbocycles. The lowest BCUT2D eigenvalue weighted by atomic mass is 10.1. The van der Waals surface area contributed by atoms with Crippen LogP contribution in [-0.2, 0) is 20.7 Å². The number of ether oxygens (including phenoxy) is 1. The Hall–Kier alpha value is -1.59. The summed E-state index contributed by atoms with van der Waals surface area (Å²) in [4.78, 5) is 25.1. The van der Waals surface area contributed by atoms with Crippen LogP contribution in [0.1, 0.15) is 25.8 Å². The van der Waals surface area contributed by atoms with Gasteiger partial charge in [-0.25, -0.2) is 0 Å². The molecule has 1 rings (SSSR count). The van der Waals surface area contributed by atoms with Crippen LogP contribution in [0.5, 0.6) is 0 Å². The van der Waals surface area contributed by atoms with Crippen LogP contribution in [0.4, 0.5) is 0 Å². The van der Waals surface area contributed by atoms with E-state index in [9.17, 15) is 9.59 Å². The van der Waals surface area contributed by atoms with Gasteiger partial charge < -0.3 is 14.7 Å². The van der Waals surface area contributed by atoms with Gasteiger partial charge in [-0.2, -0.15) is 0 Å². The second kappa shape index (κ2) is 10.2. The van der Waals surface area contributed by atoms with Gasteiger partial charge in [0.05, 0.1) is 12.3 Å². The molecule has 128 valence electrons. The topological polar surface area (TPSA) is 66.8 Å². The van der Waals surface area contributed by atoms with Crippen molar-refractivity contribution >= 4 is 23.5 Å². The predicted octanol–water partition coefficient (Wildman–Crippen LogP) is 2.86. The predicted molar refractivity (Wildman–Crippen MR) is 89.6 cm³/mol. The molecule has 1 aromatic rings. The minimum Gasteiger partial charge on any atom is -0.481 e. The van der Waals surface area contributed by atoms with Crippen LogP contribution in [0.2, 0.25) is 5.02 Å². The van der Waals surface area contributed by atoms with E-state index in [0.717, 1.165) is 5.56 Å². The summed E-state index contributed by atoms with van der Waals surface area (Å²) < 4.78 is 5.28. The lowest BCUT2D eigenvalue weighted by Gasteiger charge is -2.24. The monoisotopic (exact) mass is 341 g/mol. The van der Waals surface area contributed by atoms with E-state index in [1.165, 1.54) is 0 Å². The Balaban J connectivity index is 2.68. The first-order valence-corrected chi connectivity index (χ1v) is 8.14. The molecule has 0 aliphatic rings. The summed E-state index contributed by atoms with van der Waals surface area (Å²) in [6, 6.07) is 7.13. The summed E-state index contributed by atoms with van der Waals surface area (Å²) in [7, 11) is 0. The summed E-state index contributed by atoms with van der Waals surface area (Å²) in [6.07, 6.45) is 0.892. The molecular weight excluding hydrogens is 318 g/mol. The molecule has 0 aliphatic heterocycles. The molecule has 0 radical (unpaired) electrons. The number of carboxylic acids is 1. The van der Waals surface area contributed by atoms with E-state index in [1.54, 1.807) is 30.0 Å². The third kappa shape index (κ3) is 7.48. The number of nitrogens with zero attached hydrogens (tertiary/aromatic N) is 1. The minimum atomic E-state index is -0.907. The SMILES string of the molecule is CCOCCCN(CC(C)C(=O)O)C(=O)Cc1cccc(Cl)c1. The third-order valence-corrected chi connectivity index (χ3v) is 3.67. The summed E-state index contributed by atoms with van der Waals surface area (Å²) in [5, 5.41) is 9.65. The van der Waals surface area contributed by atoms with Crippen molar-refractivity contribution in [2.24, 2.45) is 5.92 Å². The molecular formula is C17H24ClNO4. The maximum Gasteiger partial charge on any atom is 0.308 e. The van der Waals surface area contributed by atoms with Crippen molar-refractivity contribution < 1.29 is 19.4 Å². The molecule has 0 aromatic heterocycles. The van der Waals surface area contributed by atoms with Crippen molar-refractivity contribution in [3.63, 3.8) is 0 Å². The Morgan fingerprint density at radius 3 is 2.74 bits per heavy atom. The van der Waals surface area contributed by atoms with E-state index in [0.29, 0.717) is 31.2 Å². The average molecular weight is 342 g/mol. The zero-order chi connectivity index (χ0) is 17.2. The lowest BCUT2D eigenvalue weighted by molar-refractivity contribution is -0.143. The van der Waals surface area contributed by atoms with Gasteiger partial charge in [-0.3, -0.25) is 9.59 Å². The maximum absolute atomic E-state index is 12.5. The summed E-state index contributed by atoms with van der Waals surface area (Å²) in [6.45, 7) is 5.37. The van der Waals surface area contributed by atoms with Gasteiger partial charge in [0.15, 0.2) is 0 Å². The number of aliphatic carboxylic acids is 1. The van der Waals surface area contributed by atoms with E-state index < -0.39 is 11.9 Å². The fraction of sp³-hybridized carbons (Fsp3) is 0.529. The molecule has 1 amide bonds. The Kier molecular flexibility index (Phi) is 8.66. The van der Waals surface area contributed by atoms with Gasteiger partial charge in [0.2, 0.25) is 5.91 Å². The fourth-order valence-corrected chi connectivity index (χ4v) is 2.37. The van der Waals surface area contributed by atoms with Crippen molar-refractivity contribution in [1.82, 2.24) is 4.90 Å². The number of carboxylic acid groups (broad SMARTS) is 1. The highest BCUT2D eigenvalue weighted by Crippen LogP contribution is 2.13. The number of hydrogen-bond donors (Lipinski definition) is 1. The maximum atomic E-state index is 12.5. The van der Waals surface area contributed by atoms with Crippen molar-refractivity contribution in [2.45, 2.75) is 26.7 Å². The normalized spacial score (nSPS) is 12.0. The molecule has 1 unspecified atom stereocenters. The highest BCUT2D eigenvalue weighted by atomic mass is 35.5. The highest BCUT2D eigenvalue weighted by Gasteiger charge is 2.20. The zero-order valence-electron chi connectivity index (χ0n) is 13.6. The van der Waals surface area contributed by atoms with E-state index in [1.807, 2.05) is 13.0 Å². The second-order valence-corrected chi connectivity index (χ2v) is 5.87. The molecule has 0 bridgehead atoms. The van der Waals surface area contributed by atoms with Gasteiger partial charge >= 0.3 is 5.97 Å². The number of rotatable bonds is 10. The Morgan fingerprint density at radius 1 is 1.39 bits per heavy atom. The fourth-order valence-electron chi connectivity index (χ4n) is 2.16. The average Bonchev–Trinajstić information content (AvgIpc) is 2.49. The molecule has 5 nitrogen and oxygen atoms in total. The summed E-state index contributed by atoms with van der Waals surface area (Å²) >= 11 is 5.93. The highest BCUT2D eigenvalue weighted by molar-refractivity contribution is 6.30. The van der Waals surface area contributed by atoms with Gasteiger partial charge in [0, 0.05) is 31.3 Å². The van der Waals surface area contributed by atoms with Crippen LogP contribution in [0, 0.1) is 5.92 Å². The van der Waals surface area contributed by atoms with Crippen LogP contribution in [0.15, 0.2) is 24.3 Å². The van der Waals surface area contributed by atoms with E-state index in [4.69, 9.17) is 21.4 Å². The van der Waals surface area contributed by atoms with Crippen LogP contribution in [-0.4, -0.2) is 48.2 Å². The van der Waals surface area contributed by atoms with Gasteiger partial charge in [0.1, 0.15) is 0 Å². The number of halogens is 1. The lowest BCUT2D eigenvalue weighted by Crippen LogP contribution is -2.38. The van der Waals surface area contributed by atoms with Crippen LogP contribution in [0.3, 0.4) is 0 Å². The van der Waals surface area contributed by atoms with Crippen molar-refractivity contribution in [1.29, 1.82) is 0 Å². The smallest absolute Gasteiger partial charge is 0.308 e. The molecule has 1 N–H and O–H groups in total. The molecule has 0 saturated heterocycles. The first-order valence-electron chi connectivity index (χ1n) is 7.76.